The molecule has 1 unspecified atom stereocenters. The largest absolute Gasteiger partial charge is 0.378 e. The molecule has 0 bridgehead atoms. The first kappa shape index (κ1) is 11.8. The third-order valence-corrected chi connectivity index (χ3v) is 2.96. The molecule has 1 aromatic rings. The molecule has 1 aliphatic heterocycles. The number of rotatable bonds is 4. The van der Waals surface area contributed by atoms with E-state index >= 15 is 0 Å². The number of hydrogen-bond acceptors (Lipinski definition) is 5. The minimum atomic E-state index is -0.273. The van der Waals surface area contributed by atoms with Crippen LogP contribution in [0.4, 0.5) is 5.82 Å². The van der Waals surface area contributed by atoms with Crippen LogP contribution in [0.25, 0.3) is 0 Å². The second-order valence-corrected chi connectivity index (χ2v) is 4.06. The van der Waals surface area contributed by atoms with E-state index in [2.05, 4.69) is 10.3 Å². The van der Waals surface area contributed by atoms with Gasteiger partial charge in [-0.05, 0) is 12.1 Å². The molecule has 0 spiro atoms. The Labute approximate surface area is 100 Å². The van der Waals surface area contributed by atoms with Gasteiger partial charge in [0.05, 0.1) is 6.61 Å². The van der Waals surface area contributed by atoms with Crippen LogP contribution < -0.4 is 5.32 Å². The Bertz CT molecular complexity index is 422. The predicted octanol–water partition coefficient (Wildman–Crippen LogP) is 1.17. The number of anilines is 1. The molecule has 5 nitrogen and oxygen atoms in total. The van der Waals surface area contributed by atoms with Gasteiger partial charge in [0.2, 0.25) is 0 Å². The van der Waals surface area contributed by atoms with Crippen LogP contribution in [0.3, 0.4) is 0 Å². The molecule has 1 atom stereocenters. The van der Waals surface area contributed by atoms with Gasteiger partial charge in [0.15, 0.2) is 0 Å². The van der Waals surface area contributed by atoms with Crippen molar-refractivity contribution in [1.29, 1.82) is 5.26 Å². The average Bonchev–Trinajstić information content (AvgIpc) is 2.86. The molecule has 2 rings (SSSR count). The van der Waals surface area contributed by atoms with Gasteiger partial charge in [0, 0.05) is 26.7 Å². The van der Waals surface area contributed by atoms with Crippen molar-refractivity contribution < 1.29 is 9.47 Å². The van der Waals surface area contributed by atoms with Crippen LogP contribution in [-0.2, 0) is 9.47 Å². The summed E-state index contributed by atoms with van der Waals surface area (Å²) in [6.45, 7) is 1.95. The van der Waals surface area contributed by atoms with Crippen molar-refractivity contribution in [1.82, 2.24) is 4.98 Å². The summed E-state index contributed by atoms with van der Waals surface area (Å²) < 4.78 is 10.8. The minimum absolute atomic E-state index is 0.273. The van der Waals surface area contributed by atoms with Crippen molar-refractivity contribution in [3.05, 3.63) is 23.9 Å². The van der Waals surface area contributed by atoms with Gasteiger partial charge in [-0.3, -0.25) is 0 Å². The topological polar surface area (TPSA) is 67.2 Å². The van der Waals surface area contributed by atoms with Gasteiger partial charge in [-0.1, -0.05) is 6.07 Å². The summed E-state index contributed by atoms with van der Waals surface area (Å²) in [5, 5.41) is 11.9. The van der Waals surface area contributed by atoms with Crippen molar-refractivity contribution in [2.75, 3.05) is 32.2 Å². The zero-order valence-corrected chi connectivity index (χ0v) is 9.77. The lowest BCUT2D eigenvalue weighted by Crippen LogP contribution is -2.39. The van der Waals surface area contributed by atoms with E-state index in [-0.39, 0.29) is 5.60 Å². The van der Waals surface area contributed by atoms with Crippen LogP contribution >= 0.6 is 0 Å². The molecule has 0 radical (unpaired) electrons. The SMILES string of the molecule is COC1(CNc2cccc(C#N)n2)CCOC1. The molecule has 1 N–H and O–H groups in total. The van der Waals surface area contributed by atoms with Crippen LogP contribution in [0, 0.1) is 11.3 Å². The molecular formula is C12H15N3O2. The highest BCUT2D eigenvalue weighted by Gasteiger charge is 2.34. The van der Waals surface area contributed by atoms with Crippen molar-refractivity contribution in [2.45, 2.75) is 12.0 Å². The highest BCUT2D eigenvalue weighted by Crippen LogP contribution is 2.22. The maximum absolute atomic E-state index is 8.75. The molecule has 0 amide bonds. The Balaban J connectivity index is 1.99. The van der Waals surface area contributed by atoms with Gasteiger partial charge in [0.1, 0.15) is 23.2 Å². The van der Waals surface area contributed by atoms with Crippen LogP contribution in [-0.4, -0.2) is 37.5 Å². The van der Waals surface area contributed by atoms with Crippen molar-refractivity contribution in [2.24, 2.45) is 0 Å². The summed E-state index contributed by atoms with van der Waals surface area (Å²) in [5.74, 6) is 0.687. The van der Waals surface area contributed by atoms with Gasteiger partial charge < -0.3 is 14.8 Å². The first-order valence-corrected chi connectivity index (χ1v) is 5.52. The number of ether oxygens (including phenoxy) is 2. The third-order valence-electron chi connectivity index (χ3n) is 2.96. The highest BCUT2D eigenvalue weighted by molar-refractivity contribution is 5.38. The molecule has 2 heterocycles. The smallest absolute Gasteiger partial charge is 0.142 e. The van der Waals surface area contributed by atoms with Crippen molar-refractivity contribution >= 4 is 5.82 Å². The zero-order valence-electron chi connectivity index (χ0n) is 9.77. The van der Waals surface area contributed by atoms with E-state index in [1.807, 2.05) is 12.1 Å². The molecule has 1 aliphatic rings. The summed E-state index contributed by atoms with van der Waals surface area (Å²) in [7, 11) is 1.69. The second kappa shape index (κ2) is 5.13. The summed E-state index contributed by atoms with van der Waals surface area (Å²) in [5.41, 5.74) is 0.133. The predicted molar refractivity (Wildman–Crippen MR) is 62.6 cm³/mol. The maximum Gasteiger partial charge on any atom is 0.142 e. The van der Waals surface area contributed by atoms with Crippen LogP contribution in [0.2, 0.25) is 0 Å². The number of hydrogen-bond donors (Lipinski definition) is 1. The Morgan fingerprint density at radius 2 is 2.53 bits per heavy atom. The molecule has 0 aliphatic carbocycles. The Morgan fingerprint density at radius 3 is 3.18 bits per heavy atom. The molecule has 0 aromatic carbocycles. The molecular weight excluding hydrogens is 218 g/mol. The Kier molecular flexibility index (Phi) is 3.57. The molecule has 1 aromatic heterocycles. The molecule has 5 heteroatoms. The number of nitrogens with one attached hydrogen (secondary N) is 1. The van der Waals surface area contributed by atoms with Crippen LogP contribution in [0.5, 0.6) is 0 Å². The normalized spacial score (nSPS) is 23.3. The molecule has 17 heavy (non-hydrogen) atoms. The average molecular weight is 233 g/mol. The van der Waals surface area contributed by atoms with Crippen molar-refractivity contribution in [3.8, 4) is 6.07 Å². The van der Waals surface area contributed by atoms with Gasteiger partial charge in [-0.2, -0.15) is 5.26 Å². The van der Waals surface area contributed by atoms with Gasteiger partial charge in [-0.15, -0.1) is 0 Å². The van der Waals surface area contributed by atoms with E-state index in [0.717, 1.165) is 13.0 Å². The lowest BCUT2D eigenvalue weighted by Gasteiger charge is -2.26. The van der Waals surface area contributed by atoms with Crippen molar-refractivity contribution in [3.63, 3.8) is 0 Å². The zero-order chi connectivity index (χ0) is 12.1. The summed E-state index contributed by atoms with van der Waals surface area (Å²) >= 11 is 0. The van der Waals surface area contributed by atoms with E-state index in [4.69, 9.17) is 14.7 Å². The lowest BCUT2D eigenvalue weighted by molar-refractivity contribution is -0.00625. The quantitative estimate of drug-likeness (QED) is 0.845. The summed E-state index contributed by atoms with van der Waals surface area (Å²) in [6.07, 6.45) is 0.869. The van der Waals surface area contributed by atoms with Gasteiger partial charge in [0.25, 0.3) is 0 Å². The molecule has 90 valence electrons. The second-order valence-electron chi connectivity index (χ2n) is 4.06. The first-order chi connectivity index (χ1) is 8.28. The fraction of sp³-hybridized carbons (Fsp3) is 0.500. The van der Waals surface area contributed by atoms with Crippen LogP contribution in [0.1, 0.15) is 12.1 Å². The standard InChI is InChI=1S/C12H15N3O2/c1-16-12(5-6-17-9-12)8-14-11-4-2-3-10(7-13)15-11/h2-4H,5-6,8-9H2,1H3,(H,14,15). The number of aromatic nitrogens is 1. The lowest BCUT2D eigenvalue weighted by atomic mass is 10.0. The third kappa shape index (κ3) is 2.73. The fourth-order valence-corrected chi connectivity index (χ4v) is 1.81. The number of pyridine rings is 1. The van der Waals surface area contributed by atoms with Gasteiger partial charge in [-0.25, -0.2) is 4.98 Å². The van der Waals surface area contributed by atoms with E-state index in [1.165, 1.54) is 0 Å². The minimum Gasteiger partial charge on any atom is -0.378 e. The van der Waals surface area contributed by atoms with Gasteiger partial charge >= 0.3 is 0 Å². The number of nitrogens with zero attached hydrogens (tertiary/aromatic N) is 2. The molecule has 1 fully saturated rings. The van der Waals surface area contributed by atoms with E-state index < -0.39 is 0 Å². The van der Waals surface area contributed by atoms with E-state index in [9.17, 15) is 0 Å². The Hall–Kier alpha value is -1.64. The summed E-state index contributed by atoms with van der Waals surface area (Å²) in [6, 6.07) is 7.33. The monoisotopic (exact) mass is 233 g/mol. The number of methoxy groups -OCH3 is 1. The van der Waals surface area contributed by atoms with Crippen LogP contribution in [0.15, 0.2) is 18.2 Å². The number of nitriles is 1. The highest BCUT2D eigenvalue weighted by atomic mass is 16.5. The molecule has 1 saturated heterocycles. The van der Waals surface area contributed by atoms with E-state index in [1.54, 1.807) is 19.2 Å². The molecule has 0 saturated carbocycles. The fourth-order valence-electron chi connectivity index (χ4n) is 1.81. The summed E-state index contributed by atoms with van der Waals surface area (Å²) in [4.78, 5) is 4.15. The Morgan fingerprint density at radius 1 is 1.65 bits per heavy atom. The maximum atomic E-state index is 8.75. The van der Waals surface area contributed by atoms with E-state index in [0.29, 0.717) is 24.7 Å². The first-order valence-electron chi connectivity index (χ1n) is 5.52.